The van der Waals surface area contributed by atoms with Gasteiger partial charge >= 0.3 is 0 Å². The second-order valence-corrected chi connectivity index (χ2v) is 9.92. The van der Waals surface area contributed by atoms with Crippen LogP contribution in [0.3, 0.4) is 0 Å². The van der Waals surface area contributed by atoms with E-state index in [9.17, 15) is 8.42 Å². The number of benzene rings is 2. The van der Waals surface area contributed by atoms with Crippen molar-refractivity contribution in [2.75, 3.05) is 37.9 Å². The van der Waals surface area contributed by atoms with Crippen LogP contribution in [0.1, 0.15) is 11.1 Å². The molecule has 0 saturated carbocycles. The first kappa shape index (κ1) is 20.7. The Morgan fingerprint density at radius 1 is 0.812 bits per heavy atom. The Bertz CT molecular complexity index is 1250. The summed E-state index contributed by atoms with van der Waals surface area (Å²) in [6.45, 7) is 6.06. The topological polar surface area (TPSA) is 84.9 Å². The fraction of sp³-hybridized carbons (Fsp3) is 0.304. The van der Waals surface area contributed by atoms with Crippen LogP contribution in [0.15, 0.2) is 53.4 Å². The van der Waals surface area contributed by atoms with Crippen LogP contribution in [-0.2, 0) is 10.0 Å². The molecule has 0 radical (unpaired) electrons. The normalized spacial score (nSPS) is 16.4. The molecule has 3 aromatic rings. The lowest BCUT2D eigenvalue weighted by molar-refractivity contribution is 0.174. The number of piperazine rings is 1. The highest BCUT2D eigenvalue weighted by molar-refractivity contribution is 7.89. The Hall–Kier alpha value is -3.17. The van der Waals surface area contributed by atoms with E-state index in [-0.39, 0.29) is 6.79 Å². The fourth-order valence-electron chi connectivity index (χ4n) is 3.88. The summed E-state index contributed by atoms with van der Waals surface area (Å²) in [5.41, 5.74) is 3.69. The SMILES string of the molecule is Cc1ccc(S(=O)(=O)N2CCN(c3ccc(-c4ccc5c(c4)OCO5)nn3)CC2)cc1C. The second-order valence-electron chi connectivity index (χ2n) is 7.98. The van der Waals surface area contributed by atoms with Gasteiger partial charge in [-0.3, -0.25) is 0 Å². The zero-order chi connectivity index (χ0) is 22.3. The standard InChI is InChI=1S/C23H24N4O4S/c1-16-3-5-19(13-17(16)2)32(28,29)27-11-9-26(10-12-27)23-8-6-20(24-25-23)18-4-7-21-22(14-18)31-15-30-21/h3-8,13-14H,9-12,15H2,1-2H3. The Morgan fingerprint density at radius 3 is 2.31 bits per heavy atom. The largest absolute Gasteiger partial charge is 0.454 e. The third-order valence-electron chi connectivity index (χ3n) is 6.00. The molecule has 9 heteroatoms. The number of ether oxygens (including phenoxy) is 2. The minimum absolute atomic E-state index is 0.231. The number of fused-ring (bicyclic) bond motifs is 1. The predicted octanol–water partition coefficient (Wildman–Crippen LogP) is 3.00. The first-order valence-electron chi connectivity index (χ1n) is 10.5. The van der Waals surface area contributed by atoms with Crippen LogP contribution in [0, 0.1) is 13.8 Å². The summed E-state index contributed by atoms with van der Waals surface area (Å²) < 4.78 is 38.4. The zero-order valence-electron chi connectivity index (χ0n) is 18.0. The fourth-order valence-corrected chi connectivity index (χ4v) is 5.39. The van der Waals surface area contributed by atoms with E-state index in [4.69, 9.17) is 9.47 Å². The van der Waals surface area contributed by atoms with Gasteiger partial charge in [-0.05, 0) is 67.4 Å². The average molecular weight is 453 g/mol. The molecule has 5 rings (SSSR count). The molecule has 1 aromatic heterocycles. The Kier molecular flexibility index (Phi) is 5.22. The third-order valence-corrected chi connectivity index (χ3v) is 7.89. The van der Waals surface area contributed by atoms with Crippen LogP contribution in [0.25, 0.3) is 11.3 Å². The maximum absolute atomic E-state index is 13.0. The van der Waals surface area contributed by atoms with Crippen molar-refractivity contribution >= 4 is 15.8 Å². The minimum atomic E-state index is -3.51. The summed E-state index contributed by atoms with van der Waals surface area (Å²) in [6.07, 6.45) is 0. The highest BCUT2D eigenvalue weighted by atomic mass is 32.2. The van der Waals surface area contributed by atoms with Gasteiger partial charge in [0.1, 0.15) is 0 Å². The van der Waals surface area contributed by atoms with Crippen molar-refractivity contribution in [3.05, 3.63) is 59.7 Å². The highest BCUT2D eigenvalue weighted by Gasteiger charge is 2.29. The molecule has 2 aliphatic rings. The van der Waals surface area contributed by atoms with Gasteiger partial charge in [-0.1, -0.05) is 6.07 Å². The van der Waals surface area contributed by atoms with E-state index in [0.717, 1.165) is 34.0 Å². The predicted molar refractivity (Wildman–Crippen MR) is 120 cm³/mol. The molecular weight excluding hydrogens is 428 g/mol. The van der Waals surface area contributed by atoms with E-state index in [2.05, 4.69) is 15.1 Å². The summed E-state index contributed by atoms with van der Waals surface area (Å²) in [5.74, 6) is 2.17. The van der Waals surface area contributed by atoms with Gasteiger partial charge in [-0.15, -0.1) is 10.2 Å². The number of rotatable bonds is 4. The minimum Gasteiger partial charge on any atom is -0.454 e. The van der Waals surface area contributed by atoms with Gasteiger partial charge < -0.3 is 14.4 Å². The van der Waals surface area contributed by atoms with E-state index in [1.54, 1.807) is 16.4 Å². The lowest BCUT2D eigenvalue weighted by Crippen LogP contribution is -2.49. The van der Waals surface area contributed by atoms with Crippen LogP contribution < -0.4 is 14.4 Å². The van der Waals surface area contributed by atoms with Crippen molar-refractivity contribution in [1.29, 1.82) is 0 Å². The first-order chi connectivity index (χ1) is 15.4. The van der Waals surface area contributed by atoms with E-state index in [1.165, 1.54) is 0 Å². The molecule has 0 bridgehead atoms. The molecule has 0 aliphatic carbocycles. The second kappa shape index (κ2) is 8.07. The van der Waals surface area contributed by atoms with Crippen LogP contribution >= 0.6 is 0 Å². The molecule has 1 saturated heterocycles. The van der Waals surface area contributed by atoms with Gasteiger partial charge in [0, 0.05) is 31.7 Å². The number of aryl methyl sites for hydroxylation is 2. The Labute approximate surface area is 187 Å². The molecule has 32 heavy (non-hydrogen) atoms. The summed E-state index contributed by atoms with van der Waals surface area (Å²) in [5, 5.41) is 8.74. The van der Waals surface area contributed by atoms with Gasteiger partial charge in [-0.2, -0.15) is 4.31 Å². The van der Waals surface area contributed by atoms with Crippen LogP contribution in [0.2, 0.25) is 0 Å². The molecule has 3 heterocycles. The van der Waals surface area contributed by atoms with E-state index in [0.29, 0.717) is 36.8 Å². The summed E-state index contributed by atoms with van der Waals surface area (Å²) in [4.78, 5) is 2.41. The van der Waals surface area contributed by atoms with E-state index < -0.39 is 10.0 Å². The third kappa shape index (κ3) is 3.78. The van der Waals surface area contributed by atoms with Gasteiger partial charge in [-0.25, -0.2) is 8.42 Å². The van der Waals surface area contributed by atoms with Gasteiger partial charge in [0.05, 0.1) is 10.6 Å². The highest BCUT2D eigenvalue weighted by Crippen LogP contribution is 2.35. The average Bonchev–Trinajstić information content (AvgIpc) is 3.29. The van der Waals surface area contributed by atoms with Gasteiger partial charge in [0.15, 0.2) is 17.3 Å². The van der Waals surface area contributed by atoms with Crippen LogP contribution in [-0.4, -0.2) is 55.9 Å². The smallest absolute Gasteiger partial charge is 0.243 e. The lowest BCUT2D eigenvalue weighted by Gasteiger charge is -2.34. The van der Waals surface area contributed by atoms with Crippen molar-refractivity contribution in [2.45, 2.75) is 18.7 Å². The number of sulfonamides is 1. The molecule has 8 nitrogen and oxygen atoms in total. The molecule has 0 amide bonds. The quantitative estimate of drug-likeness (QED) is 0.602. The summed E-state index contributed by atoms with van der Waals surface area (Å²) >= 11 is 0. The molecular formula is C23H24N4O4S. The summed E-state index contributed by atoms with van der Waals surface area (Å²) in [6, 6.07) is 14.8. The van der Waals surface area contributed by atoms with Gasteiger partial charge in [0.2, 0.25) is 16.8 Å². The number of hydrogen-bond donors (Lipinski definition) is 0. The van der Waals surface area contributed by atoms with E-state index in [1.807, 2.05) is 50.2 Å². The molecule has 0 N–H and O–H groups in total. The van der Waals surface area contributed by atoms with Gasteiger partial charge in [0.25, 0.3) is 0 Å². The summed E-state index contributed by atoms with van der Waals surface area (Å²) in [7, 11) is -3.51. The van der Waals surface area contributed by atoms with Crippen molar-refractivity contribution in [1.82, 2.24) is 14.5 Å². The molecule has 1 fully saturated rings. The van der Waals surface area contributed by atoms with Crippen molar-refractivity contribution in [3.8, 4) is 22.8 Å². The molecule has 2 aliphatic heterocycles. The van der Waals surface area contributed by atoms with Crippen molar-refractivity contribution < 1.29 is 17.9 Å². The monoisotopic (exact) mass is 452 g/mol. The van der Waals surface area contributed by atoms with E-state index >= 15 is 0 Å². The number of anilines is 1. The van der Waals surface area contributed by atoms with Crippen LogP contribution in [0.4, 0.5) is 5.82 Å². The molecule has 0 atom stereocenters. The molecule has 166 valence electrons. The molecule has 0 unspecified atom stereocenters. The lowest BCUT2D eigenvalue weighted by atomic mass is 10.1. The molecule has 0 spiro atoms. The van der Waals surface area contributed by atoms with Crippen molar-refractivity contribution in [3.63, 3.8) is 0 Å². The maximum Gasteiger partial charge on any atom is 0.243 e. The Morgan fingerprint density at radius 2 is 1.59 bits per heavy atom. The Balaban J connectivity index is 1.26. The van der Waals surface area contributed by atoms with Crippen LogP contribution in [0.5, 0.6) is 11.5 Å². The zero-order valence-corrected chi connectivity index (χ0v) is 18.8. The number of hydrogen-bond acceptors (Lipinski definition) is 7. The number of aromatic nitrogens is 2. The molecule has 2 aromatic carbocycles. The number of nitrogens with zero attached hydrogens (tertiary/aromatic N) is 4. The van der Waals surface area contributed by atoms with Crippen molar-refractivity contribution in [2.24, 2.45) is 0 Å². The maximum atomic E-state index is 13.0. The first-order valence-corrected chi connectivity index (χ1v) is 11.9.